The summed E-state index contributed by atoms with van der Waals surface area (Å²) in [4.78, 5) is 15.9. The molecule has 150 valence electrons. The fraction of sp³-hybridized carbons (Fsp3) is 0.381. The summed E-state index contributed by atoms with van der Waals surface area (Å²) in [6.45, 7) is 1.39. The molecule has 1 N–H and O–H groups in total. The van der Waals surface area contributed by atoms with E-state index in [9.17, 15) is 8.78 Å². The summed E-state index contributed by atoms with van der Waals surface area (Å²) < 4.78 is 33.0. The highest BCUT2D eigenvalue weighted by Gasteiger charge is 2.28. The number of fused-ring (bicyclic) bond motifs is 1. The number of benzene rings is 1. The van der Waals surface area contributed by atoms with E-state index in [0.717, 1.165) is 53.7 Å². The quantitative estimate of drug-likeness (QED) is 0.704. The molecular formula is C21H21F2N5O. The summed E-state index contributed by atoms with van der Waals surface area (Å²) in [5.41, 5.74) is 1.57. The van der Waals surface area contributed by atoms with E-state index in [2.05, 4.69) is 15.2 Å². The van der Waals surface area contributed by atoms with Gasteiger partial charge in [0.1, 0.15) is 17.4 Å². The normalized spacial score (nSPS) is 17.5. The van der Waals surface area contributed by atoms with Crippen LogP contribution in [0.2, 0.25) is 0 Å². The topological polar surface area (TPSA) is 63.2 Å². The zero-order valence-corrected chi connectivity index (χ0v) is 15.8. The fourth-order valence-corrected chi connectivity index (χ4v) is 3.57. The van der Waals surface area contributed by atoms with Crippen molar-refractivity contribution in [3.63, 3.8) is 0 Å². The van der Waals surface area contributed by atoms with Crippen molar-refractivity contribution in [2.75, 3.05) is 23.3 Å². The third-order valence-electron chi connectivity index (χ3n) is 5.29. The molecule has 5 rings (SSSR count). The van der Waals surface area contributed by atoms with Gasteiger partial charge < -0.3 is 15.0 Å². The predicted molar refractivity (Wildman–Crippen MR) is 106 cm³/mol. The number of ether oxygens (including phenoxy) is 1. The highest BCUT2D eigenvalue weighted by atomic mass is 19.1. The molecule has 8 heteroatoms. The van der Waals surface area contributed by atoms with Gasteiger partial charge in [-0.05, 0) is 31.0 Å². The highest BCUT2D eigenvalue weighted by Crippen LogP contribution is 2.32. The minimum Gasteiger partial charge on any atom is -0.487 e. The number of pyridine rings is 1. The molecule has 2 aliphatic rings. The molecule has 0 amide bonds. The third-order valence-corrected chi connectivity index (χ3v) is 5.29. The maximum Gasteiger partial charge on any atom is 0.172 e. The van der Waals surface area contributed by atoms with Crippen molar-refractivity contribution in [3.05, 3.63) is 48.3 Å². The van der Waals surface area contributed by atoms with Crippen molar-refractivity contribution in [2.45, 2.75) is 37.8 Å². The number of hydrogen-bond donors (Lipinski definition) is 1. The van der Waals surface area contributed by atoms with Crippen LogP contribution in [0.4, 0.5) is 20.4 Å². The van der Waals surface area contributed by atoms with E-state index in [1.165, 1.54) is 0 Å². The van der Waals surface area contributed by atoms with Gasteiger partial charge in [-0.3, -0.25) is 4.98 Å². The molecule has 2 fully saturated rings. The Morgan fingerprint density at radius 1 is 1.00 bits per heavy atom. The molecule has 1 saturated heterocycles. The van der Waals surface area contributed by atoms with E-state index in [4.69, 9.17) is 14.7 Å². The summed E-state index contributed by atoms with van der Waals surface area (Å²) in [6, 6.07) is 5.60. The van der Waals surface area contributed by atoms with Crippen molar-refractivity contribution >= 4 is 22.7 Å². The Kier molecular flexibility index (Phi) is 4.61. The number of nitrogens with one attached hydrogen (secondary N) is 1. The van der Waals surface area contributed by atoms with Crippen LogP contribution in [0.15, 0.2) is 36.7 Å². The monoisotopic (exact) mass is 397 g/mol. The summed E-state index contributed by atoms with van der Waals surface area (Å²) in [5.74, 6) is 0.526. The number of hydrogen-bond acceptors (Lipinski definition) is 6. The molecule has 2 aromatic heterocycles. The maximum absolute atomic E-state index is 13.9. The van der Waals surface area contributed by atoms with Crippen LogP contribution in [0.1, 0.15) is 25.7 Å². The van der Waals surface area contributed by atoms with Crippen molar-refractivity contribution in [2.24, 2.45) is 0 Å². The number of aromatic nitrogens is 3. The predicted octanol–water partition coefficient (Wildman–Crippen LogP) is 3.93. The van der Waals surface area contributed by atoms with E-state index < -0.39 is 11.6 Å². The Morgan fingerprint density at radius 3 is 2.62 bits per heavy atom. The van der Waals surface area contributed by atoms with Gasteiger partial charge in [0.2, 0.25) is 0 Å². The molecule has 0 spiro atoms. The van der Waals surface area contributed by atoms with Gasteiger partial charge in [0.25, 0.3) is 0 Å². The van der Waals surface area contributed by atoms with Gasteiger partial charge in [-0.15, -0.1) is 0 Å². The summed E-state index contributed by atoms with van der Waals surface area (Å²) in [6.07, 6.45) is 6.92. The van der Waals surface area contributed by atoms with E-state index in [1.807, 2.05) is 6.07 Å². The molecular weight excluding hydrogens is 376 g/mol. The van der Waals surface area contributed by atoms with Crippen LogP contribution in [0.5, 0.6) is 5.75 Å². The van der Waals surface area contributed by atoms with Gasteiger partial charge in [-0.2, -0.15) is 0 Å². The van der Waals surface area contributed by atoms with Crippen molar-refractivity contribution < 1.29 is 13.5 Å². The average molecular weight is 397 g/mol. The molecule has 0 unspecified atom stereocenters. The lowest BCUT2D eigenvalue weighted by Gasteiger charge is -2.33. The van der Waals surface area contributed by atoms with Gasteiger partial charge in [-0.25, -0.2) is 18.7 Å². The number of rotatable bonds is 5. The molecule has 1 aliphatic carbocycles. The third kappa shape index (κ3) is 3.92. The van der Waals surface area contributed by atoms with Crippen molar-refractivity contribution in [1.29, 1.82) is 0 Å². The van der Waals surface area contributed by atoms with Crippen LogP contribution in [0.3, 0.4) is 0 Å². The Bertz CT molecular complexity index is 1030. The molecule has 1 aromatic carbocycles. The molecule has 0 bridgehead atoms. The Morgan fingerprint density at radius 2 is 1.83 bits per heavy atom. The molecule has 3 heterocycles. The zero-order chi connectivity index (χ0) is 19.8. The SMILES string of the molecule is Fc1ccc(F)c(OC2CCN(c3nc4cnccc4nc3NC3CC3)CC2)c1. The van der Waals surface area contributed by atoms with Gasteiger partial charge in [0.15, 0.2) is 23.2 Å². The van der Waals surface area contributed by atoms with Crippen LogP contribution in [0.25, 0.3) is 11.0 Å². The summed E-state index contributed by atoms with van der Waals surface area (Å²) >= 11 is 0. The molecule has 1 aliphatic heterocycles. The Balaban J connectivity index is 1.33. The standard InChI is InChI=1S/C21H21F2N5O/c22-13-1-4-16(23)19(11-13)29-15-6-9-28(10-7-15)21-20(25-14-2-3-14)26-17-5-8-24-12-18(17)27-21/h1,4-5,8,11-12,14-15H,2-3,6-7,9-10H2,(H,25,26). The van der Waals surface area contributed by atoms with Crippen LogP contribution in [0, 0.1) is 11.6 Å². The first-order valence-electron chi connectivity index (χ1n) is 9.91. The van der Waals surface area contributed by atoms with Crippen LogP contribution in [-0.4, -0.2) is 40.2 Å². The first-order valence-corrected chi connectivity index (χ1v) is 9.91. The lowest BCUT2D eigenvalue weighted by atomic mass is 10.1. The second-order valence-electron chi connectivity index (χ2n) is 7.56. The molecule has 0 radical (unpaired) electrons. The minimum atomic E-state index is -0.544. The largest absolute Gasteiger partial charge is 0.487 e. The number of halogens is 2. The van der Waals surface area contributed by atoms with E-state index in [-0.39, 0.29) is 11.9 Å². The molecule has 6 nitrogen and oxygen atoms in total. The second kappa shape index (κ2) is 7.42. The molecule has 1 saturated carbocycles. The number of anilines is 2. The average Bonchev–Trinajstić information content (AvgIpc) is 3.55. The van der Waals surface area contributed by atoms with Crippen LogP contribution in [-0.2, 0) is 0 Å². The lowest BCUT2D eigenvalue weighted by Crippen LogP contribution is -2.39. The van der Waals surface area contributed by atoms with E-state index in [0.29, 0.717) is 32.0 Å². The highest BCUT2D eigenvalue weighted by molar-refractivity contribution is 5.80. The number of piperidine rings is 1. The first kappa shape index (κ1) is 18.0. The van der Waals surface area contributed by atoms with Gasteiger partial charge in [0.05, 0.1) is 11.7 Å². The second-order valence-corrected chi connectivity index (χ2v) is 7.56. The smallest absolute Gasteiger partial charge is 0.172 e. The molecule has 0 atom stereocenters. The number of nitrogens with zero attached hydrogens (tertiary/aromatic N) is 4. The molecule has 29 heavy (non-hydrogen) atoms. The van der Waals surface area contributed by atoms with Gasteiger partial charge in [0, 0.05) is 44.2 Å². The maximum atomic E-state index is 13.9. The fourth-order valence-electron chi connectivity index (χ4n) is 3.57. The van der Waals surface area contributed by atoms with Gasteiger partial charge in [-0.1, -0.05) is 0 Å². The van der Waals surface area contributed by atoms with Crippen LogP contribution >= 0.6 is 0 Å². The first-order chi connectivity index (χ1) is 14.2. The Hall–Kier alpha value is -3.03. The van der Waals surface area contributed by atoms with E-state index in [1.54, 1.807) is 12.4 Å². The van der Waals surface area contributed by atoms with Crippen molar-refractivity contribution in [1.82, 2.24) is 15.0 Å². The lowest BCUT2D eigenvalue weighted by molar-refractivity contribution is 0.163. The summed E-state index contributed by atoms with van der Waals surface area (Å²) in [7, 11) is 0. The van der Waals surface area contributed by atoms with E-state index >= 15 is 0 Å². The van der Waals surface area contributed by atoms with Crippen LogP contribution < -0.4 is 15.0 Å². The van der Waals surface area contributed by atoms with Gasteiger partial charge >= 0.3 is 0 Å². The summed E-state index contributed by atoms with van der Waals surface area (Å²) in [5, 5.41) is 3.48. The Labute approximate surface area is 166 Å². The van der Waals surface area contributed by atoms with Crippen molar-refractivity contribution in [3.8, 4) is 5.75 Å². The zero-order valence-electron chi connectivity index (χ0n) is 15.8. The molecule has 3 aromatic rings. The minimum absolute atomic E-state index is 0.0314.